The molecular formula is C108H180N6O12. The van der Waals surface area contributed by atoms with E-state index in [-0.39, 0.29) is 112 Å². The largest absolute Gasteiger partial charge is 0.355 e. The van der Waals surface area contributed by atoms with Crippen LogP contribution in [-0.2, 0) is 96.4 Å². The minimum absolute atomic E-state index is 0.0134. The van der Waals surface area contributed by atoms with Crippen LogP contribution in [-0.4, -0.2) is 89.8 Å². The van der Waals surface area contributed by atoms with Gasteiger partial charge in [-0.1, -0.05) is 348 Å². The van der Waals surface area contributed by atoms with Crippen LogP contribution in [0.4, 0.5) is 0 Å². The molecule has 0 aromatic heterocycles. The molecule has 3 aliphatic carbocycles. The summed E-state index contributed by atoms with van der Waals surface area (Å²) in [6, 6.07) is 23.5. The number of amides is 6. The fourth-order valence-electron chi connectivity index (χ4n) is 13.6. The molecular weight excluding hydrogens is 1570 g/mol. The van der Waals surface area contributed by atoms with E-state index < -0.39 is 5.41 Å². The quantitative estimate of drug-likeness (QED) is 0.0488. The lowest BCUT2D eigenvalue weighted by atomic mass is 9.73. The zero-order chi connectivity index (χ0) is 97.6. The highest BCUT2D eigenvalue weighted by molar-refractivity contribution is 5.89. The second kappa shape index (κ2) is 50.1. The molecule has 18 heteroatoms. The summed E-state index contributed by atoms with van der Waals surface area (Å²) >= 11 is 0. The molecule has 3 fully saturated rings. The van der Waals surface area contributed by atoms with Crippen molar-refractivity contribution in [1.82, 2.24) is 31.9 Å². The molecule has 3 aromatic carbocycles. The van der Waals surface area contributed by atoms with Crippen LogP contribution >= 0.6 is 0 Å². The normalized spacial score (nSPS) is 17.9. The van der Waals surface area contributed by atoms with Crippen molar-refractivity contribution in [3.8, 4) is 0 Å². The number of nitrogens with one attached hydrogen (secondary N) is 6. The van der Waals surface area contributed by atoms with Gasteiger partial charge in [0.25, 0.3) is 0 Å². The molecule has 0 radical (unpaired) electrons. The minimum Gasteiger partial charge on any atom is -0.355 e. The summed E-state index contributed by atoms with van der Waals surface area (Å²) in [7, 11) is 0. The first-order valence-electron chi connectivity index (χ1n) is 47.1. The van der Waals surface area contributed by atoms with E-state index in [1.807, 2.05) is 322 Å². The monoisotopic (exact) mass is 1750 g/mol. The summed E-state index contributed by atoms with van der Waals surface area (Å²) in [5.41, 5.74) is 2.26. The maximum Gasteiger partial charge on any atom is 0.225 e. The smallest absolute Gasteiger partial charge is 0.225 e. The molecule has 6 amide bonds. The number of benzene rings is 3. The molecule has 0 heterocycles. The van der Waals surface area contributed by atoms with Crippen LogP contribution in [0.3, 0.4) is 0 Å². The Hall–Kier alpha value is -7.50. The molecule has 6 rings (SSSR count). The molecule has 0 spiro atoms. The van der Waals surface area contributed by atoms with Gasteiger partial charge >= 0.3 is 0 Å². The third-order valence-corrected chi connectivity index (χ3v) is 23.6. The molecule has 0 bridgehead atoms. The molecule has 0 aliphatic heterocycles. The molecule has 0 saturated heterocycles. The van der Waals surface area contributed by atoms with Crippen molar-refractivity contribution in [2.24, 2.45) is 100 Å². The SMILES string of the molecule is CC(C)(C)C(=O)CC1CCC(CNC(=O)C(C)(C)C)CC1.CC(C)(C)C(=O)CC1CCCC(CNC(=O)C(C)(C)C)C1.CC(C)(C)C(=O)CC1CCCCC1CNC(=O)C(C)(C)C.CC(C)(C)C(=O)Cc1ccc(CNC(=O)C(C)(C)C)cc1.CC(C)(C)C(=O)Cc1cccc(CNC(=O)C(C)(C)C)c1.CC(C)(C)C(=O)Cc1ccccc1CNC(=O)C(C)(C)C. The van der Waals surface area contributed by atoms with Gasteiger partial charge in [-0.2, -0.15) is 0 Å². The summed E-state index contributed by atoms with van der Waals surface area (Å²) in [4.78, 5) is 144. The van der Waals surface area contributed by atoms with Gasteiger partial charge in [0, 0.05) is 143 Å². The highest BCUT2D eigenvalue weighted by Crippen LogP contribution is 2.38. The van der Waals surface area contributed by atoms with E-state index >= 15 is 0 Å². The van der Waals surface area contributed by atoms with Crippen molar-refractivity contribution in [2.75, 3.05) is 19.6 Å². The maximum atomic E-state index is 12.3. The molecule has 18 nitrogen and oxygen atoms in total. The van der Waals surface area contributed by atoms with Crippen LogP contribution in [0.15, 0.2) is 72.8 Å². The third-order valence-electron chi connectivity index (χ3n) is 23.6. The molecule has 3 aromatic rings. The van der Waals surface area contributed by atoms with E-state index in [1.54, 1.807) is 0 Å². The highest BCUT2D eigenvalue weighted by Gasteiger charge is 2.36. The maximum absolute atomic E-state index is 12.3. The Morgan fingerprint density at radius 1 is 0.238 bits per heavy atom. The number of Topliss-reactive ketones (excluding diaryl/α,β-unsaturated/α-hetero) is 6. The number of carbonyl (C=O) groups is 12. The number of ketones is 6. The van der Waals surface area contributed by atoms with E-state index in [1.165, 1.54) is 25.7 Å². The van der Waals surface area contributed by atoms with Crippen LogP contribution in [0, 0.1) is 100 Å². The van der Waals surface area contributed by atoms with E-state index in [0.717, 1.165) is 111 Å². The lowest BCUT2D eigenvalue weighted by molar-refractivity contribution is -0.130. The van der Waals surface area contributed by atoms with Gasteiger partial charge in [0.15, 0.2) is 0 Å². The van der Waals surface area contributed by atoms with Gasteiger partial charge in [-0.05, 0) is 120 Å². The van der Waals surface area contributed by atoms with E-state index in [2.05, 4.69) is 31.9 Å². The average Bonchev–Trinajstić information content (AvgIpc) is 0.851. The van der Waals surface area contributed by atoms with Gasteiger partial charge < -0.3 is 31.9 Å². The van der Waals surface area contributed by atoms with Crippen molar-refractivity contribution in [1.29, 1.82) is 0 Å². The van der Waals surface area contributed by atoms with E-state index in [0.29, 0.717) is 105 Å². The number of hydrogen-bond donors (Lipinski definition) is 6. The first-order chi connectivity index (χ1) is 57.0. The van der Waals surface area contributed by atoms with Crippen molar-refractivity contribution in [3.63, 3.8) is 0 Å². The first-order valence-corrected chi connectivity index (χ1v) is 47.1. The van der Waals surface area contributed by atoms with Gasteiger partial charge in [-0.3, -0.25) is 57.5 Å². The second-order valence-electron chi connectivity index (χ2n) is 48.9. The molecule has 4 atom stereocenters. The van der Waals surface area contributed by atoms with Crippen LogP contribution in [0.25, 0.3) is 0 Å². The third kappa shape index (κ3) is 47.7. The molecule has 126 heavy (non-hydrogen) atoms. The Morgan fingerprint density at radius 3 is 0.960 bits per heavy atom. The average molecular weight is 1750 g/mol. The van der Waals surface area contributed by atoms with Gasteiger partial charge in [-0.25, -0.2) is 0 Å². The fraction of sp³-hybridized carbons (Fsp3) is 0.722. The van der Waals surface area contributed by atoms with Crippen LogP contribution in [0.5, 0.6) is 0 Å². The summed E-state index contributed by atoms with van der Waals surface area (Å²) in [5.74, 6) is 5.24. The van der Waals surface area contributed by atoms with Gasteiger partial charge in [0.1, 0.15) is 34.7 Å². The zero-order valence-electron chi connectivity index (χ0n) is 86.3. The Bertz CT molecular complexity index is 3970. The van der Waals surface area contributed by atoms with Crippen molar-refractivity contribution >= 4 is 70.1 Å². The second-order valence-corrected chi connectivity index (χ2v) is 48.9. The lowest BCUT2D eigenvalue weighted by Crippen LogP contribution is -2.40. The van der Waals surface area contributed by atoms with Crippen LogP contribution < -0.4 is 31.9 Å². The van der Waals surface area contributed by atoms with Gasteiger partial charge in [-0.15, -0.1) is 0 Å². The first kappa shape index (κ1) is 117. The lowest BCUT2D eigenvalue weighted by Gasteiger charge is -2.33. The minimum atomic E-state index is -0.407. The molecule has 6 N–H and O–H groups in total. The topological polar surface area (TPSA) is 277 Å². The molecule has 3 saturated carbocycles. The fourth-order valence-corrected chi connectivity index (χ4v) is 13.6. The van der Waals surface area contributed by atoms with Crippen LogP contribution in [0.2, 0.25) is 0 Å². The molecule has 3 aliphatic rings. The highest BCUT2D eigenvalue weighted by atomic mass is 16.2. The Labute approximate surface area is 766 Å². The predicted octanol–water partition coefficient (Wildman–Crippen LogP) is 22.4. The summed E-state index contributed by atoms with van der Waals surface area (Å²) in [6.07, 6.45) is 17.2. The summed E-state index contributed by atoms with van der Waals surface area (Å²) in [5, 5.41) is 18.0. The number of carbonyl (C=O) groups excluding carboxylic acids is 12. The Morgan fingerprint density at radius 2 is 0.548 bits per heavy atom. The summed E-state index contributed by atoms with van der Waals surface area (Å²) < 4.78 is 0. The zero-order valence-corrected chi connectivity index (χ0v) is 86.3. The van der Waals surface area contributed by atoms with E-state index in [9.17, 15) is 57.5 Å². The number of rotatable bonds is 24. The van der Waals surface area contributed by atoms with E-state index in [4.69, 9.17) is 0 Å². The van der Waals surface area contributed by atoms with Crippen LogP contribution in [0.1, 0.15) is 379 Å². The number of hydrogen-bond acceptors (Lipinski definition) is 12. The van der Waals surface area contributed by atoms with Crippen molar-refractivity contribution in [2.45, 2.75) is 384 Å². The van der Waals surface area contributed by atoms with Crippen molar-refractivity contribution in [3.05, 3.63) is 106 Å². The molecule has 4 unspecified atom stereocenters. The van der Waals surface area contributed by atoms with Gasteiger partial charge in [0.2, 0.25) is 35.4 Å². The van der Waals surface area contributed by atoms with Crippen molar-refractivity contribution < 1.29 is 57.5 Å². The van der Waals surface area contributed by atoms with Gasteiger partial charge in [0.05, 0.1) is 0 Å². The Kier molecular flexibility index (Phi) is 46.3. The predicted molar refractivity (Wildman–Crippen MR) is 519 cm³/mol. The summed E-state index contributed by atoms with van der Waals surface area (Å²) in [6.45, 7) is 73.6. The molecule has 714 valence electrons. The standard InChI is InChI=1S/C18H33NO2.C18H27NO2.C18H33NO2.C18H27NO2.C18H33NO2.C18H27NO2/c2*1-17(2,3)15(20)11-13-7-9-14(10-8-13)12-19-16(21)18(4,5)6;2*1-17(2,3)15(20)11-13-8-7-9-14(10-13)12-19-16(21)18(4,5)6;2*1-17(2,3)15(20)11-13-9-7-8-10-14(13)12-19-16(21)18(4,5)6/h13-14H,7-12H2,1-6H3,(H,19,21);7-10H,11-12H2,1-6H3,(H,19,21);13-14H,7-12H2,1-6H3,(H,19,21);7-10H,11-12H2,1-6H3,(H,19,21);13-14H,7-12H2,1-6H3,(H,19,21);7-10H,11-12H2,1-6H3,(H,19,21). The Balaban J connectivity index is 0.000000756.